The second-order valence-electron chi connectivity index (χ2n) is 16.9. The van der Waals surface area contributed by atoms with Crippen LogP contribution in [-0.4, -0.2) is 158 Å². The van der Waals surface area contributed by atoms with Gasteiger partial charge in [-0.1, -0.05) is 97.1 Å². The number of urea groups is 2. The summed E-state index contributed by atoms with van der Waals surface area (Å²) >= 11 is 0. The molecule has 0 radical (unpaired) electrons. The molecule has 18 nitrogen and oxygen atoms in total. The number of ether oxygens (including phenoxy) is 4. The lowest BCUT2D eigenvalue weighted by Gasteiger charge is -2.37. The molecule has 9 rings (SSSR count). The maximum Gasteiger partial charge on any atom is 0.318 e. The maximum absolute atomic E-state index is 14.4. The zero-order valence-electron chi connectivity index (χ0n) is 37.6. The number of carbonyl (C=O) groups is 5. The molecule has 68 heavy (non-hydrogen) atoms. The molecule has 4 aliphatic heterocycles. The Labute approximate surface area is 393 Å². The number of hydrogen-bond donors (Lipinski definition) is 4. The minimum Gasteiger partial charge on any atom is -0.378 e. The normalized spacial score (nSPS) is 19.6. The van der Waals surface area contributed by atoms with Crippen LogP contribution in [-0.2, 0) is 33.3 Å². The van der Waals surface area contributed by atoms with Crippen molar-refractivity contribution in [3.63, 3.8) is 0 Å². The van der Waals surface area contributed by atoms with Crippen molar-refractivity contribution in [1.29, 1.82) is 0 Å². The summed E-state index contributed by atoms with van der Waals surface area (Å²) in [6, 6.07) is 29.6. The number of morpholine rings is 4. The zero-order valence-corrected chi connectivity index (χ0v) is 37.6. The number of benzene rings is 4. The minimum atomic E-state index is -1.01. The molecule has 4 atom stereocenters. The first kappa shape index (κ1) is 46.0. The van der Waals surface area contributed by atoms with Crippen molar-refractivity contribution < 1.29 is 42.9 Å². The van der Waals surface area contributed by atoms with E-state index in [1.807, 2.05) is 84.9 Å². The summed E-state index contributed by atoms with van der Waals surface area (Å²) in [4.78, 5) is 83.7. The number of aromatic nitrogens is 2. The number of carbonyl (C=O) groups excluding carboxylic acids is 5. The van der Waals surface area contributed by atoms with Crippen molar-refractivity contribution in [2.75, 3.05) is 97.4 Å². The molecule has 5 heterocycles. The molecule has 0 saturated carbocycles. The van der Waals surface area contributed by atoms with Gasteiger partial charge >= 0.3 is 12.1 Å². The number of rotatable bonds is 11. The molecule has 7 amide bonds. The van der Waals surface area contributed by atoms with Gasteiger partial charge in [-0.2, -0.15) is 0 Å². The molecular formula is C50H55N9O9. The van der Waals surface area contributed by atoms with Gasteiger partial charge in [0.1, 0.15) is 30.0 Å². The van der Waals surface area contributed by atoms with Crippen LogP contribution >= 0.6 is 0 Å². The fourth-order valence-electron chi connectivity index (χ4n) is 8.81. The highest BCUT2D eigenvalue weighted by Gasteiger charge is 2.39. The third-order valence-electron chi connectivity index (χ3n) is 12.6. The first-order valence-corrected chi connectivity index (χ1v) is 23.0. The van der Waals surface area contributed by atoms with Crippen molar-refractivity contribution in [2.24, 2.45) is 0 Å². The van der Waals surface area contributed by atoms with E-state index in [0.29, 0.717) is 88.4 Å². The number of amides is 7. The molecule has 0 bridgehead atoms. The van der Waals surface area contributed by atoms with Gasteiger partial charge in [0.25, 0.3) is 11.8 Å². The van der Waals surface area contributed by atoms with Gasteiger partial charge in [0, 0.05) is 45.0 Å². The third kappa shape index (κ3) is 10.7. The molecule has 0 unspecified atom stereocenters. The van der Waals surface area contributed by atoms with E-state index < -0.39 is 36.0 Å². The van der Waals surface area contributed by atoms with Gasteiger partial charge in [-0.3, -0.25) is 14.4 Å². The molecule has 5 aromatic rings. The zero-order chi connectivity index (χ0) is 46.8. The summed E-state index contributed by atoms with van der Waals surface area (Å²) in [6.07, 6.45) is 1.74. The smallest absolute Gasteiger partial charge is 0.318 e. The Kier molecular flexibility index (Phi) is 14.7. The third-order valence-corrected chi connectivity index (χ3v) is 12.6. The predicted octanol–water partition coefficient (Wildman–Crippen LogP) is 4.38. The topological polar surface area (TPSA) is 200 Å². The second kappa shape index (κ2) is 21.7. The minimum absolute atomic E-state index is 0.00761. The monoisotopic (exact) mass is 925 g/mol. The summed E-state index contributed by atoms with van der Waals surface area (Å²) in [6.45, 7) is 4.83. The Morgan fingerprint density at radius 1 is 0.544 bits per heavy atom. The van der Waals surface area contributed by atoms with Gasteiger partial charge in [-0.25, -0.2) is 14.6 Å². The van der Waals surface area contributed by atoms with E-state index in [9.17, 15) is 24.0 Å². The molecule has 4 fully saturated rings. The average molecular weight is 926 g/mol. The van der Waals surface area contributed by atoms with Crippen LogP contribution in [0.3, 0.4) is 0 Å². The lowest BCUT2D eigenvalue weighted by atomic mass is 10.0. The molecule has 4 N–H and O–H groups in total. The standard InChI is InChI=1S/C50H55N9O9/c60-46(42-33-68-30-24-59(42)48(62)44(38-9-5-2-6-10-38)55-50(64)57-21-27-66-28-22-57)52-39-17-15-35(16-18-39)34-11-13-36(14-12-34)40-31-51-45(53-40)41-32-67-29-23-58(41)47(61)43(37-7-3-1-4-8-37)54-49(63)56-19-25-65-26-20-56/h1-18,31,41-44H,19-30,32-33H2,(H,51,53)(H,52,60)(H,54,63)(H,55,64)/t41-,42-,43+,44+/m0/s1. The Hall–Kier alpha value is -7.12. The highest BCUT2D eigenvalue weighted by Crippen LogP contribution is 2.31. The molecule has 1 aromatic heterocycles. The Morgan fingerprint density at radius 3 is 1.57 bits per heavy atom. The Morgan fingerprint density at radius 2 is 1.01 bits per heavy atom. The summed E-state index contributed by atoms with van der Waals surface area (Å²) in [7, 11) is 0. The van der Waals surface area contributed by atoms with Crippen LogP contribution in [0.25, 0.3) is 22.4 Å². The van der Waals surface area contributed by atoms with Gasteiger partial charge in [0.05, 0.1) is 64.7 Å². The van der Waals surface area contributed by atoms with Gasteiger partial charge in [-0.15, -0.1) is 0 Å². The fourth-order valence-corrected chi connectivity index (χ4v) is 8.81. The Balaban J connectivity index is 0.842. The van der Waals surface area contributed by atoms with Gasteiger partial charge in [-0.05, 0) is 39.9 Å². The number of H-pyrrole nitrogens is 1. The van der Waals surface area contributed by atoms with E-state index in [1.54, 1.807) is 45.2 Å². The van der Waals surface area contributed by atoms with Crippen LogP contribution in [0.4, 0.5) is 15.3 Å². The summed E-state index contributed by atoms with van der Waals surface area (Å²) in [5.74, 6) is -0.484. The molecule has 0 aliphatic carbocycles. The van der Waals surface area contributed by atoms with E-state index in [0.717, 1.165) is 22.4 Å². The first-order valence-electron chi connectivity index (χ1n) is 23.0. The summed E-state index contributed by atoms with van der Waals surface area (Å²) < 4.78 is 22.4. The van der Waals surface area contributed by atoms with E-state index in [4.69, 9.17) is 23.9 Å². The van der Waals surface area contributed by atoms with Crippen molar-refractivity contribution in [3.05, 3.63) is 132 Å². The summed E-state index contributed by atoms with van der Waals surface area (Å²) in [5, 5.41) is 8.87. The number of hydrogen-bond acceptors (Lipinski definition) is 10. The van der Waals surface area contributed by atoms with Crippen LogP contribution in [0.1, 0.15) is 35.1 Å². The molecule has 4 aromatic carbocycles. The predicted molar refractivity (Wildman–Crippen MR) is 250 cm³/mol. The number of aromatic amines is 1. The lowest BCUT2D eigenvalue weighted by molar-refractivity contribution is -0.148. The summed E-state index contributed by atoms with van der Waals surface area (Å²) in [5.41, 5.74) is 5.35. The molecule has 354 valence electrons. The van der Waals surface area contributed by atoms with Gasteiger partial charge < -0.3 is 59.5 Å². The Bertz CT molecular complexity index is 2510. The van der Waals surface area contributed by atoms with E-state index in [2.05, 4.69) is 20.9 Å². The first-order chi connectivity index (χ1) is 33.3. The quantitative estimate of drug-likeness (QED) is 0.148. The highest BCUT2D eigenvalue weighted by atomic mass is 16.5. The lowest BCUT2D eigenvalue weighted by Crippen LogP contribution is -2.58. The average Bonchev–Trinajstić information content (AvgIpc) is 3.91. The van der Waals surface area contributed by atoms with E-state index >= 15 is 0 Å². The molecule has 4 aliphatic rings. The van der Waals surface area contributed by atoms with Crippen molar-refractivity contribution in [1.82, 2.24) is 40.2 Å². The number of nitrogens with one attached hydrogen (secondary N) is 4. The maximum atomic E-state index is 14.4. The fraction of sp³-hybridized carbons (Fsp3) is 0.360. The van der Waals surface area contributed by atoms with Gasteiger partial charge in [0.15, 0.2) is 0 Å². The van der Waals surface area contributed by atoms with Gasteiger partial charge in [0.2, 0.25) is 5.91 Å². The number of imidazole rings is 1. The van der Waals surface area contributed by atoms with E-state index in [-0.39, 0.29) is 44.3 Å². The van der Waals surface area contributed by atoms with Crippen LogP contribution in [0.15, 0.2) is 115 Å². The molecule has 0 spiro atoms. The van der Waals surface area contributed by atoms with Crippen LogP contribution < -0.4 is 16.0 Å². The molecule has 18 heteroatoms. The molecule has 4 saturated heterocycles. The molecular weight excluding hydrogens is 871 g/mol. The second-order valence-corrected chi connectivity index (χ2v) is 16.9. The van der Waals surface area contributed by atoms with Crippen molar-refractivity contribution in [3.8, 4) is 22.4 Å². The van der Waals surface area contributed by atoms with Crippen LogP contribution in [0.2, 0.25) is 0 Å². The largest absolute Gasteiger partial charge is 0.378 e. The number of nitrogens with zero attached hydrogens (tertiary/aromatic N) is 5. The van der Waals surface area contributed by atoms with E-state index in [1.165, 1.54) is 4.90 Å². The highest BCUT2D eigenvalue weighted by molar-refractivity contribution is 5.99. The van der Waals surface area contributed by atoms with Crippen molar-refractivity contribution >= 4 is 35.5 Å². The van der Waals surface area contributed by atoms with Crippen molar-refractivity contribution in [2.45, 2.75) is 24.2 Å². The SMILES string of the molecule is O=C(Nc1ccc(-c2ccc(-c3cnc([C@@H]4COCCN4C(=O)[C@H](NC(=O)N4CCOCC4)c4ccccc4)[nH]3)cc2)cc1)[C@@H]1COCCN1C(=O)[C@H](NC(=O)N1CCOCC1)c1ccccc1. The number of anilines is 1. The van der Waals surface area contributed by atoms with Crippen LogP contribution in [0.5, 0.6) is 0 Å². The van der Waals surface area contributed by atoms with Crippen LogP contribution in [0, 0.1) is 0 Å².